The van der Waals surface area contributed by atoms with Crippen molar-refractivity contribution >= 4 is 27.7 Å². The second-order valence-corrected chi connectivity index (χ2v) is 15.3. The van der Waals surface area contributed by atoms with Crippen molar-refractivity contribution in [3.63, 3.8) is 0 Å². The number of carbonyl (C=O) groups is 3. The first-order chi connectivity index (χ1) is 20.2. The Balaban J connectivity index is 1.43. The third-order valence-corrected chi connectivity index (χ3v) is 10.6. The van der Waals surface area contributed by atoms with E-state index in [2.05, 4.69) is 16.6 Å². The first kappa shape index (κ1) is 30.9. The van der Waals surface area contributed by atoms with Crippen LogP contribution in [0.25, 0.3) is 11.1 Å². The van der Waals surface area contributed by atoms with E-state index in [1.54, 1.807) is 18.1 Å². The van der Waals surface area contributed by atoms with E-state index in [1.807, 2.05) is 75.4 Å². The molecule has 1 saturated heterocycles. The summed E-state index contributed by atoms with van der Waals surface area (Å²) in [5, 5.41) is 2.27. The van der Waals surface area contributed by atoms with Gasteiger partial charge in [-0.15, -0.1) is 6.58 Å². The number of carbonyl (C=O) groups excluding carboxylic acids is 3. The van der Waals surface area contributed by atoms with Crippen LogP contribution in [-0.4, -0.2) is 61.5 Å². The second kappa shape index (κ2) is 11.2. The van der Waals surface area contributed by atoms with Gasteiger partial charge in [-0.25, -0.2) is 8.42 Å². The Morgan fingerprint density at radius 3 is 2.19 bits per heavy atom. The quantitative estimate of drug-likeness (QED) is 0.395. The van der Waals surface area contributed by atoms with Crippen molar-refractivity contribution in [1.29, 1.82) is 0 Å². The lowest BCUT2D eigenvalue weighted by Crippen LogP contribution is -2.56. The van der Waals surface area contributed by atoms with Crippen LogP contribution in [0.1, 0.15) is 58.4 Å². The predicted molar refractivity (Wildman–Crippen MR) is 164 cm³/mol. The molecule has 10 heteroatoms. The minimum Gasteiger partial charge on any atom is -0.372 e. The van der Waals surface area contributed by atoms with Crippen LogP contribution in [0.2, 0.25) is 0 Å². The molecule has 2 aromatic carbocycles. The molecular weight excluding hydrogens is 566 g/mol. The second-order valence-electron chi connectivity index (χ2n) is 13.3. The average molecular weight is 608 g/mol. The number of nitrogens with one attached hydrogen (secondary N) is 2. The van der Waals surface area contributed by atoms with Crippen molar-refractivity contribution in [3.05, 3.63) is 72.8 Å². The lowest BCUT2D eigenvalue weighted by molar-refractivity contribution is -0.141. The summed E-state index contributed by atoms with van der Waals surface area (Å²) in [7, 11) is -2.24. The van der Waals surface area contributed by atoms with Crippen LogP contribution in [0.15, 0.2) is 67.3 Å². The standard InChI is InChI=1S/C33H41N3O6S/c1-6-24-18-33(24,30(39)35-43(40,41)26-16-17-26)34-29(38)27-19-32(42-5,21-36(27)28(37)20-31(2,3)4)25-14-12-23(13-15-25)22-10-8-7-9-11-22/h6-15,24,26-27H,1,16-21H2,2-5H3,(H,34,38)(H,35,39)/t24-,27+,32+,33-/m1/s1. The van der Waals surface area contributed by atoms with E-state index < -0.39 is 50.2 Å². The zero-order valence-corrected chi connectivity index (χ0v) is 26.1. The third-order valence-electron chi connectivity index (χ3n) is 8.79. The Labute approximate surface area is 254 Å². The molecule has 9 nitrogen and oxygen atoms in total. The molecule has 2 aliphatic carbocycles. The normalized spacial score (nSPS) is 26.9. The topological polar surface area (TPSA) is 122 Å². The molecule has 3 amide bonds. The Morgan fingerprint density at radius 2 is 1.65 bits per heavy atom. The maximum atomic E-state index is 14.0. The van der Waals surface area contributed by atoms with Gasteiger partial charge in [-0.3, -0.25) is 19.1 Å². The molecule has 0 bridgehead atoms. The highest BCUT2D eigenvalue weighted by atomic mass is 32.2. The fraction of sp³-hybridized carbons (Fsp3) is 0.485. The number of ether oxygens (including phenoxy) is 1. The molecule has 1 heterocycles. The molecule has 0 radical (unpaired) electrons. The van der Waals surface area contributed by atoms with Crippen LogP contribution in [-0.2, 0) is 34.7 Å². The number of likely N-dealkylation sites (tertiary alicyclic amines) is 1. The number of hydrogen-bond acceptors (Lipinski definition) is 6. The van der Waals surface area contributed by atoms with E-state index in [0.29, 0.717) is 12.8 Å². The number of amides is 3. The Kier molecular flexibility index (Phi) is 8.07. The maximum absolute atomic E-state index is 14.0. The van der Waals surface area contributed by atoms with Crippen LogP contribution in [0.5, 0.6) is 0 Å². The third kappa shape index (κ3) is 6.26. The molecular formula is C33H41N3O6S. The van der Waals surface area contributed by atoms with Gasteiger partial charge in [-0.2, -0.15) is 0 Å². The van der Waals surface area contributed by atoms with Gasteiger partial charge in [-0.05, 0) is 41.4 Å². The highest BCUT2D eigenvalue weighted by Gasteiger charge is 2.62. The average Bonchev–Trinajstić information content (AvgIpc) is 3.89. The summed E-state index contributed by atoms with van der Waals surface area (Å²) < 4.78 is 33.4. The number of hydrogen-bond donors (Lipinski definition) is 2. The van der Waals surface area contributed by atoms with E-state index >= 15 is 0 Å². The minimum absolute atomic E-state index is 0.154. The number of benzene rings is 2. The molecule has 5 rings (SSSR count). The summed E-state index contributed by atoms with van der Waals surface area (Å²) in [5.74, 6) is -1.91. The van der Waals surface area contributed by atoms with Gasteiger partial charge in [-0.1, -0.05) is 81.4 Å². The Hall–Kier alpha value is -3.50. The zero-order chi connectivity index (χ0) is 31.2. The highest BCUT2D eigenvalue weighted by Crippen LogP contribution is 2.46. The molecule has 1 aliphatic heterocycles. The molecule has 3 aliphatic rings. The molecule has 0 spiro atoms. The number of rotatable bonds is 10. The summed E-state index contributed by atoms with van der Waals surface area (Å²) in [5.41, 5.74) is 0.209. The maximum Gasteiger partial charge on any atom is 0.259 e. The van der Waals surface area contributed by atoms with Gasteiger partial charge in [0.2, 0.25) is 21.8 Å². The number of nitrogens with zero attached hydrogens (tertiary/aromatic N) is 1. The molecule has 0 aromatic heterocycles. The van der Waals surface area contributed by atoms with Crippen molar-refractivity contribution in [2.75, 3.05) is 13.7 Å². The van der Waals surface area contributed by atoms with Crippen LogP contribution in [0.3, 0.4) is 0 Å². The largest absolute Gasteiger partial charge is 0.372 e. The van der Waals surface area contributed by atoms with E-state index in [9.17, 15) is 22.8 Å². The van der Waals surface area contributed by atoms with Crippen LogP contribution < -0.4 is 10.0 Å². The summed E-state index contributed by atoms with van der Waals surface area (Å²) in [4.78, 5) is 42.5. The van der Waals surface area contributed by atoms with Crippen molar-refractivity contribution < 1.29 is 27.5 Å². The molecule has 2 N–H and O–H groups in total. The van der Waals surface area contributed by atoms with Gasteiger partial charge in [0.15, 0.2) is 0 Å². The lowest BCUT2D eigenvalue weighted by Gasteiger charge is -2.30. The van der Waals surface area contributed by atoms with Gasteiger partial charge in [0.05, 0.1) is 11.8 Å². The molecule has 43 heavy (non-hydrogen) atoms. The minimum atomic E-state index is -3.81. The van der Waals surface area contributed by atoms with E-state index in [-0.39, 0.29) is 37.1 Å². The van der Waals surface area contributed by atoms with Gasteiger partial charge in [0.25, 0.3) is 5.91 Å². The SMILES string of the molecule is C=C[C@@H]1C[C@]1(NC(=O)[C@@H]1C[C@@](OC)(c2ccc(-c3ccccc3)cc2)CN1C(=O)CC(C)(C)C)C(=O)NS(=O)(=O)C1CC1. The molecule has 230 valence electrons. The Morgan fingerprint density at radius 1 is 1.02 bits per heavy atom. The number of sulfonamides is 1. The summed E-state index contributed by atoms with van der Waals surface area (Å²) in [6.07, 6.45) is 3.18. The van der Waals surface area contributed by atoms with Crippen LogP contribution in [0.4, 0.5) is 0 Å². The smallest absolute Gasteiger partial charge is 0.259 e. The molecule has 0 unspecified atom stereocenters. The van der Waals surface area contributed by atoms with Crippen molar-refractivity contribution in [2.45, 2.75) is 75.3 Å². The van der Waals surface area contributed by atoms with Crippen molar-refractivity contribution in [3.8, 4) is 11.1 Å². The molecule has 2 aromatic rings. The van der Waals surface area contributed by atoms with Gasteiger partial charge >= 0.3 is 0 Å². The zero-order valence-electron chi connectivity index (χ0n) is 25.3. The first-order valence-corrected chi connectivity index (χ1v) is 16.3. The van der Waals surface area contributed by atoms with Gasteiger partial charge in [0, 0.05) is 25.9 Å². The predicted octanol–water partition coefficient (Wildman–Crippen LogP) is 3.90. The monoisotopic (exact) mass is 607 g/mol. The van der Waals surface area contributed by atoms with Gasteiger partial charge in [0.1, 0.15) is 17.2 Å². The molecule has 3 fully saturated rings. The fourth-order valence-electron chi connectivity index (χ4n) is 6.01. The molecule has 2 saturated carbocycles. The first-order valence-electron chi connectivity index (χ1n) is 14.7. The fourth-order valence-corrected chi connectivity index (χ4v) is 7.38. The summed E-state index contributed by atoms with van der Waals surface area (Å²) in [6.45, 7) is 9.80. The van der Waals surface area contributed by atoms with Crippen molar-refractivity contribution in [1.82, 2.24) is 14.9 Å². The van der Waals surface area contributed by atoms with Crippen molar-refractivity contribution in [2.24, 2.45) is 11.3 Å². The van der Waals surface area contributed by atoms with E-state index in [0.717, 1.165) is 16.7 Å². The lowest BCUT2D eigenvalue weighted by atomic mass is 9.89. The van der Waals surface area contributed by atoms with Crippen LogP contribution >= 0.6 is 0 Å². The molecule has 4 atom stereocenters. The Bertz CT molecular complexity index is 1510. The van der Waals surface area contributed by atoms with Crippen LogP contribution in [0, 0.1) is 11.3 Å². The van der Waals surface area contributed by atoms with Gasteiger partial charge < -0.3 is 15.0 Å². The number of methoxy groups -OCH3 is 1. The summed E-state index contributed by atoms with van der Waals surface area (Å²) in [6, 6.07) is 17.0. The van der Waals surface area contributed by atoms with E-state index in [4.69, 9.17) is 4.74 Å². The van der Waals surface area contributed by atoms with E-state index in [1.165, 1.54) is 0 Å². The summed E-state index contributed by atoms with van der Waals surface area (Å²) >= 11 is 0. The highest BCUT2D eigenvalue weighted by molar-refractivity contribution is 7.91.